The molecule has 0 radical (unpaired) electrons. The molecule has 0 aliphatic heterocycles. The van der Waals surface area contributed by atoms with Crippen molar-refractivity contribution in [2.45, 2.75) is 45.1 Å². The minimum absolute atomic E-state index is 0.130. The van der Waals surface area contributed by atoms with E-state index >= 15 is 0 Å². The van der Waals surface area contributed by atoms with Gasteiger partial charge in [-0.1, -0.05) is 32.6 Å². The van der Waals surface area contributed by atoms with Crippen LogP contribution in [0.5, 0.6) is 0 Å². The Hall–Kier alpha value is -0.960. The molecule has 1 nitrogen and oxygen atoms in total. The number of aliphatic hydroxyl groups is 1. The highest BCUT2D eigenvalue weighted by Gasteiger charge is 2.30. The first kappa shape index (κ1) is 13.5. The van der Waals surface area contributed by atoms with Gasteiger partial charge in [0.25, 0.3) is 0 Å². The molecule has 0 amide bonds. The number of aliphatic hydroxyl groups excluding tert-OH is 1. The summed E-state index contributed by atoms with van der Waals surface area (Å²) in [7, 11) is 0. The summed E-state index contributed by atoms with van der Waals surface area (Å²) >= 11 is 0. The van der Waals surface area contributed by atoms with E-state index in [1.165, 1.54) is 18.6 Å². The van der Waals surface area contributed by atoms with Crippen LogP contribution in [0.4, 0.5) is 8.78 Å². The molecular weight excluding hydrogens is 234 g/mol. The molecule has 0 bridgehead atoms. The summed E-state index contributed by atoms with van der Waals surface area (Å²) in [6, 6.07) is 3.33. The molecule has 0 saturated heterocycles. The van der Waals surface area contributed by atoms with Gasteiger partial charge in [-0.25, -0.2) is 8.78 Å². The highest BCUT2D eigenvalue weighted by Crippen LogP contribution is 2.40. The van der Waals surface area contributed by atoms with E-state index in [0.717, 1.165) is 31.7 Å². The number of halogens is 2. The number of hydrogen-bond donors (Lipinski definition) is 1. The molecule has 1 N–H and O–H groups in total. The topological polar surface area (TPSA) is 20.2 Å². The molecule has 2 rings (SSSR count). The van der Waals surface area contributed by atoms with Crippen molar-refractivity contribution in [1.29, 1.82) is 0 Å². The van der Waals surface area contributed by atoms with E-state index in [1.807, 2.05) is 0 Å². The van der Waals surface area contributed by atoms with Gasteiger partial charge in [0, 0.05) is 6.07 Å². The Morgan fingerprint density at radius 2 is 1.78 bits per heavy atom. The smallest absolute Gasteiger partial charge is 0.126 e. The number of rotatable bonds is 3. The second-order valence-electron chi connectivity index (χ2n) is 5.26. The fourth-order valence-electron chi connectivity index (χ4n) is 3.15. The van der Waals surface area contributed by atoms with Gasteiger partial charge in [-0.05, 0) is 36.0 Å². The maximum absolute atomic E-state index is 13.2. The third-order valence-corrected chi connectivity index (χ3v) is 4.12. The van der Waals surface area contributed by atoms with Gasteiger partial charge in [0.05, 0.1) is 6.10 Å². The van der Waals surface area contributed by atoms with E-state index < -0.39 is 17.7 Å². The second-order valence-corrected chi connectivity index (χ2v) is 5.26. The normalized spacial score (nSPS) is 26.0. The van der Waals surface area contributed by atoms with Crippen LogP contribution in [0, 0.1) is 23.5 Å². The predicted molar refractivity (Wildman–Crippen MR) is 67.1 cm³/mol. The first-order valence-corrected chi connectivity index (χ1v) is 6.76. The Kier molecular flexibility index (Phi) is 4.33. The monoisotopic (exact) mass is 254 g/mol. The Balaban J connectivity index is 2.20. The zero-order valence-corrected chi connectivity index (χ0v) is 10.7. The molecule has 0 heterocycles. The van der Waals surface area contributed by atoms with Crippen LogP contribution < -0.4 is 0 Å². The third kappa shape index (κ3) is 2.89. The van der Waals surface area contributed by atoms with Crippen LogP contribution in [-0.4, -0.2) is 5.11 Å². The maximum atomic E-state index is 13.2. The molecule has 3 unspecified atom stereocenters. The Morgan fingerprint density at radius 3 is 2.39 bits per heavy atom. The molecule has 3 atom stereocenters. The molecule has 3 heteroatoms. The average Bonchev–Trinajstić information content (AvgIpc) is 2.36. The first-order chi connectivity index (χ1) is 8.61. The summed E-state index contributed by atoms with van der Waals surface area (Å²) in [6.45, 7) is 2.11. The lowest BCUT2D eigenvalue weighted by atomic mass is 9.73. The van der Waals surface area contributed by atoms with E-state index in [4.69, 9.17) is 0 Å². The van der Waals surface area contributed by atoms with E-state index in [1.54, 1.807) is 0 Å². The Bertz CT molecular complexity index is 385. The molecule has 18 heavy (non-hydrogen) atoms. The van der Waals surface area contributed by atoms with Gasteiger partial charge < -0.3 is 5.11 Å². The fraction of sp³-hybridized carbons (Fsp3) is 0.600. The van der Waals surface area contributed by atoms with Gasteiger partial charge in [0.15, 0.2) is 0 Å². The Labute approximate surface area is 107 Å². The van der Waals surface area contributed by atoms with Crippen molar-refractivity contribution in [3.63, 3.8) is 0 Å². The van der Waals surface area contributed by atoms with Crippen LogP contribution in [0.1, 0.15) is 50.7 Å². The van der Waals surface area contributed by atoms with Crippen molar-refractivity contribution in [3.8, 4) is 0 Å². The van der Waals surface area contributed by atoms with Crippen LogP contribution in [-0.2, 0) is 0 Å². The summed E-state index contributed by atoms with van der Waals surface area (Å²) in [5.41, 5.74) is 0.373. The van der Waals surface area contributed by atoms with Gasteiger partial charge in [0.1, 0.15) is 11.6 Å². The maximum Gasteiger partial charge on any atom is 0.126 e. The van der Waals surface area contributed by atoms with E-state index in [9.17, 15) is 13.9 Å². The van der Waals surface area contributed by atoms with Crippen molar-refractivity contribution in [2.24, 2.45) is 11.8 Å². The SMILES string of the molecule is CCC1CCCCC1C(O)c1cc(F)cc(F)c1. The molecule has 1 saturated carbocycles. The zero-order chi connectivity index (χ0) is 13.1. The molecule has 1 aliphatic rings. The van der Waals surface area contributed by atoms with E-state index in [0.29, 0.717) is 11.5 Å². The lowest BCUT2D eigenvalue weighted by Crippen LogP contribution is -2.25. The van der Waals surface area contributed by atoms with Gasteiger partial charge in [-0.3, -0.25) is 0 Å². The molecule has 100 valence electrons. The zero-order valence-electron chi connectivity index (χ0n) is 10.7. The predicted octanol–water partition coefficient (Wildman–Crippen LogP) is 4.21. The highest BCUT2D eigenvalue weighted by atomic mass is 19.1. The van der Waals surface area contributed by atoms with Crippen LogP contribution >= 0.6 is 0 Å². The summed E-state index contributed by atoms with van der Waals surface area (Å²) in [5.74, 6) is -0.647. The van der Waals surface area contributed by atoms with Crippen LogP contribution in [0.2, 0.25) is 0 Å². The molecule has 0 aromatic heterocycles. The molecule has 1 aromatic rings. The van der Waals surface area contributed by atoms with Crippen molar-refractivity contribution in [1.82, 2.24) is 0 Å². The fourth-order valence-corrected chi connectivity index (χ4v) is 3.15. The third-order valence-electron chi connectivity index (χ3n) is 4.12. The van der Waals surface area contributed by atoms with Crippen LogP contribution in [0.25, 0.3) is 0 Å². The molecular formula is C15H20F2O. The van der Waals surface area contributed by atoms with Crippen molar-refractivity contribution >= 4 is 0 Å². The summed E-state index contributed by atoms with van der Waals surface area (Å²) < 4.78 is 26.4. The summed E-state index contributed by atoms with van der Waals surface area (Å²) in [5, 5.41) is 10.4. The second kappa shape index (κ2) is 5.79. The van der Waals surface area contributed by atoms with Crippen LogP contribution in [0.3, 0.4) is 0 Å². The standard InChI is InChI=1S/C15H20F2O/c1-2-10-5-3-4-6-14(10)15(18)11-7-12(16)9-13(17)8-11/h7-10,14-15,18H,2-6H2,1H3. The molecule has 0 spiro atoms. The van der Waals surface area contributed by atoms with Crippen LogP contribution in [0.15, 0.2) is 18.2 Å². The minimum Gasteiger partial charge on any atom is -0.388 e. The Morgan fingerprint density at radius 1 is 1.17 bits per heavy atom. The molecule has 1 aromatic carbocycles. The van der Waals surface area contributed by atoms with Crippen molar-refractivity contribution in [3.05, 3.63) is 35.4 Å². The lowest BCUT2D eigenvalue weighted by molar-refractivity contribution is 0.0447. The molecule has 1 aliphatic carbocycles. The summed E-state index contributed by atoms with van der Waals surface area (Å²) in [4.78, 5) is 0. The summed E-state index contributed by atoms with van der Waals surface area (Å²) in [6.07, 6.45) is 4.60. The van der Waals surface area contributed by atoms with Gasteiger partial charge >= 0.3 is 0 Å². The van der Waals surface area contributed by atoms with Crippen molar-refractivity contribution < 1.29 is 13.9 Å². The largest absolute Gasteiger partial charge is 0.388 e. The number of hydrogen-bond acceptors (Lipinski definition) is 1. The minimum atomic E-state index is -0.750. The first-order valence-electron chi connectivity index (χ1n) is 6.76. The van der Waals surface area contributed by atoms with Gasteiger partial charge in [-0.15, -0.1) is 0 Å². The highest BCUT2D eigenvalue weighted by molar-refractivity contribution is 5.21. The van der Waals surface area contributed by atoms with E-state index in [2.05, 4.69) is 6.92 Å². The average molecular weight is 254 g/mol. The van der Waals surface area contributed by atoms with E-state index in [-0.39, 0.29) is 5.92 Å². The van der Waals surface area contributed by atoms with Gasteiger partial charge in [-0.2, -0.15) is 0 Å². The lowest BCUT2D eigenvalue weighted by Gasteiger charge is -2.34. The van der Waals surface area contributed by atoms with Gasteiger partial charge in [0.2, 0.25) is 0 Å². The van der Waals surface area contributed by atoms with Crippen molar-refractivity contribution in [2.75, 3.05) is 0 Å². The quantitative estimate of drug-likeness (QED) is 0.856. The molecule has 1 fully saturated rings. The number of benzene rings is 1.